The minimum Gasteiger partial charge on any atom is -0.393 e. The molecule has 10 atom stereocenters. The van der Waals surface area contributed by atoms with Gasteiger partial charge in [-0.15, -0.1) is 0 Å². The molecule has 1 aliphatic heterocycles. The maximum absolute atomic E-state index is 14.2. The molecule has 0 aromatic rings. The van der Waals surface area contributed by atoms with Gasteiger partial charge in [0.15, 0.2) is 29.8 Å². The summed E-state index contributed by atoms with van der Waals surface area (Å²) >= 11 is 0. The Morgan fingerprint density at radius 2 is 2.05 bits per heavy atom. The fourth-order valence-electron chi connectivity index (χ4n) is 9.06. The van der Waals surface area contributed by atoms with Crippen LogP contribution in [0.3, 0.4) is 0 Å². The molecule has 0 bridgehead atoms. The number of Topliss-reactive ketones (excluding diaryl/α,β-unsaturated/α-hetero) is 1. The van der Waals surface area contributed by atoms with E-state index in [1.54, 1.807) is 12.2 Å². The Bertz CT molecular complexity index is 1110. The van der Waals surface area contributed by atoms with Crippen LogP contribution in [-0.4, -0.2) is 71.2 Å². The molecule has 1 amide bonds. The number of nitrogens with one attached hydrogen (secondary N) is 2. The van der Waals surface area contributed by atoms with Gasteiger partial charge in [0, 0.05) is 23.2 Å². The summed E-state index contributed by atoms with van der Waals surface area (Å²) in [6.07, 6.45) is 8.38. The summed E-state index contributed by atoms with van der Waals surface area (Å²) in [5, 5.41) is 26.4. The minimum atomic E-state index is -1.24. The summed E-state index contributed by atoms with van der Waals surface area (Å²) < 4.78 is 13.1. The highest BCUT2D eigenvalue weighted by molar-refractivity contribution is 6.01. The van der Waals surface area contributed by atoms with Gasteiger partial charge in [0.2, 0.25) is 5.91 Å². The fourth-order valence-corrected chi connectivity index (χ4v) is 9.06. The van der Waals surface area contributed by atoms with E-state index in [1.807, 2.05) is 6.08 Å². The van der Waals surface area contributed by atoms with Crippen molar-refractivity contribution < 1.29 is 34.1 Å². The smallest absolute Gasteiger partial charge is 0.220 e. The Hall–Kier alpha value is -1.95. The third-order valence-corrected chi connectivity index (χ3v) is 10.9. The van der Waals surface area contributed by atoms with E-state index in [2.05, 4.69) is 31.4 Å². The molecule has 3 saturated carbocycles. The van der Waals surface area contributed by atoms with E-state index in [9.17, 15) is 19.5 Å². The Labute approximate surface area is 242 Å². The van der Waals surface area contributed by atoms with E-state index >= 15 is 0 Å². The van der Waals surface area contributed by atoms with Crippen LogP contribution in [0.5, 0.6) is 0 Å². The van der Waals surface area contributed by atoms with Crippen LogP contribution < -0.4 is 16.4 Å². The van der Waals surface area contributed by atoms with Crippen LogP contribution in [0.2, 0.25) is 0 Å². The van der Waals surface area contributed by atoms with Gasteiger partial charge in [0.05, 0.1) is 18.8 Å². The van der Waals surface area contributed by atoms with Crippen LogP contribution in [0.15, 0.2) is 23.8 Å². The molecule has 1 saturated heterocycles. The number of fused-ring (bicyclic) bond motifs is 7. The molecule has 5 rings (SSSR count). The third-order valence-electron chi connectivity index (χ3n) is 10.9. The van der Waals surface area contributed by atoms with E-state index in [1.165, 1.54) is 0 Å². The first-order valence-corrected chi connectivity index (χ1v) is 15.4. The van der Waals surface area contributed by atoms with Crippen molar-refractivity contribution in [1.29, 1.82) is 0 Å². The Morgan fingerprint density at radius 1 is 1.27 bits per heavy atom. The number of unbranched alkanes of at least 4 members (excludes halogenated alkanes) is 1. The number of nitrogens with two attached hydrogens (primary N) is 1. The zero-order valence-electron chi connectivity index (χ0n) is 24.6. The number of aliphatic hydroxyl groups is 2. The topological polar surface area (TPSA) is 160 Å². The summed E-state index contributed by atoms with van der Waals surface area (Å²) in [6, 6.07) is 0. The van der Waals surface area contributed by atoms with E-state index in [0.29, 0.717) is 38.6 Å². The molecule has 228 valence electrons. The van der Waals surface area contributed by atoms with Crippen LogP contribution in [0.25, 0.3) is 0 Å². The zero-order chi connectivity index (χ0) is 29.6. The normalized spacial score (nSPS) is 41.6. The van der Waals surface area contributed by atoms with Crippen LogP contribution in [0.4, 0.5) is 0 Å². The van der Waals surface area contributed by atoms with Crippen molar-refractivity contribution in [2.24, 2.45) is 34.3 Å². The van der Waals surface area contributed by atoms with Crippen molar-refractivity contribution >= 4 is 17.5 Å². The maximum Gasteiger partial charge on any atom is 0.220 e. The van der Waals surface area contributed by atoms with Crippen LogP contribution in [0.1, 0.15) is 78.6 Å². The van der Waals surface area contributed by atoms with Crippen molar-refractivity contribution in [3.05, 3.63) is 23.8 Å². The first kappa shape index (κ1) is 30.5. The molecule has 3 unspecified atom stereocenters. The number of amides is 1. The number of hydrogen-bond donors (Lipinski definition) is 5. The fraction of sp³-hybridized carbons (Fsp3) is 0.774. The lowest BCUT2D eigenvalue weighted by Gasteiger charge is -2.59. The summed E-state index contributed by atoms with van der Waals surface area (Å²) in [6.45, 7) is 6.61. The molecular formula is C31H47N3O7. The van der Waals surface area contributed by atoms with Gasteiger partial charge in [0.25, 0.3) is 0 Å². The molecule has 5 aliphatic rings. The second kappa shape index (κ2) is 11.6. The van der Waals surface area contributed by atoms with Gasteiger partial charge >= 0.3 is 0 Å². The van der Waals surface area contributed by atoms with Gasteiger partial charge in [-0.2, -0.15) is 0 Å². The van der Waals surface area contributed by atoms with Gasteiger partial charge in [-0.25, -0.2) is 0 Å². The van der Waals surface area contributed by atoms with Gasteiger partial charge in [-0.1, -0.05) is 38.8 Å². The van der Waals surface area contributed by atoms with Gasteiger partial charge in [0.1, 0.15) is 0 Å². The highest BCUT2D eigenvalue weighted by Gasteiger charge is 2.75. The van der Waals surface area contributed by atoms with Crippen molar-refractivity contribution in [3.8, 4) is 0 Å². The number of rotatable bonds is 11. The number of aliphatic hydroxyl groups excluding tert-OH is 2. The molecule has 10 nitrogen and oxygen atoms in total. The van der Waals surface area contributed by atoms with Gasteiger partial charge in [-0.05, 0) is 75.5 Å². The highest BCUT2D eigenvalue weighted by Crippen LogP contribution is 2.69. The SMILES string of the molecule is CCCC1O[C@@H]2C[C@H]3[C@@H]4CCC5=CC(=O)C=C[C@]5(C)C4[C@@H](O)C[C@]3(C)[C@]2(C(=O)CNC(=O)CCCCNC(N)O)O1. The lowest BCUT2D eigenvalue weighted by atomic mass is 9.46. The largest absolute Gasteiger partial charge is 0.393 e. The van der Waals surface area contributed by atoms with Crippen molar-refractivity contribution in [1.82, 2.24) is 10.6 Å². The standard InChI is InChI=1S/C31H47N3O7/c1-4-7-26-40-24-15-21-20-10-9-18-14-19(35)11-12-29(18,2)27(20)22(36)16-30(21,3)31(24,41-26)23(37)17-34-25(38)8-5-6-13-33-28(32)39/h11-12,14,20-22,24,26-28,33,36,39H,4-10,13,15-17,32H2,1-3H3,(H,34,38)/t20-,21-,22-,24+,26?,27?,28?,29-,30-,31+/m0/s1. The summed E-state index contributed by atoms with van der Waals surface area (Å²) in [4.78, 5) is 39.0. The summed E-state index contributed by atoms with van der Waals surface area (Å²) in [7, 11) is 0. The molecule has 0 spiro atoms. The molecule has 1 heterocycles. The van der Waals surface area contributed by atoms with Gasteiger partial charge in [-0.3, -0.25) is 25.4 Å². The van der Waals surface area contributed by atoms with Crippen LogP contribution in [0, 0.1) is 28.6 Å². The first-order chi connectivity index (χ1) is 19.5. The van der Waals surface area contributed by atoms with Crippen LogP contribution >= 0.6 is 0 Å². The molecule has 0 aromatic heterocycles. The molecule has 0 aromatic carbocycles. The summed E-state index contributed by atoms with van der Waals surface area (Å²) in [5.74, 6) is -0.224. The average molecular weight is 574 g/mol. The molecule has 6 N–H and O–H groups in total. The first-order valence-electron chi connectivity index (χ1n) is 15.4. The molecule has 4 aliphatic carbocycles. The number of allylic oxidation sites excluding steroid dienone is 4. The number of carbonyl (C=O) groups is 3. The molecular weight excluding hydrogens is 526 g/mol. The summed E-state index contributed by atoms with van der Waals surface area (Å²) in [5.41, 5.74) is 4.04. The van der Waals surface area contributed by atoms with Gasteiger partial charge < -0.3 is 25.0 Å². The maximum atomic E-state index is 14.2. The predicted octanol–water partition coefficient (Wildman–Crippen LogP) is 1.84. The van der Waals surface area contributed by atoms with E-state index < -0.39 is 41.3 Å². The quantitative estimate of drug-likeness (QED) is 0.184. The number of ketones is 2. The molecule has 0 radical (unpaired) electrons. The highest BCUT2D eigenvalue weighted by atomic mass is 16.7. The zero-order valence-corrected chi connectivity index (χ0v) is 24.6. The average Bonchev–Trinajstić information content (AvgIpc) is 3.39. The van der Waals surface area contributed by atoms with E-state index in [-0.39, 0.29) is 48.2 Å². The van der Waals surface area contributed by atoms with E-state index in [0.717, 1.165) is 24.8 Å². The predicted molar refractivity (Wildman–Crippen MR) is 151 cm³/mol. The monoisotopic (exact) mass is 573 g/mol. The Morgan fingerprint density at radius 3 is 2.78 bits per heavy atom. The second-order valence-electron chi connectivity index (χ2n) is 13.2. The molecule has 41 heavy (non-hydrogen) atoms. The molecule has 4 fully saturated rings. The molecule has 10 heteroatoms. The lowest BCUT2D eigenvalue weighted by molar-refractivity contribution is -0.198. The Balaban J connectivity index is 1.35. The minimum absolute atomic E-state index is 0.00264. The van der Waals surface area contributed by atoms with Crippen LogP contribution in [-0.2, 0) is 23.9 Å². The van der Waals surface area contributed by atoms with Crippen molar-refractivity contribution in [3.63, 3.8) is 0 Å². The second-order valence-corrected chi connectivity index (χ2v) is 13.2. The van der Waals surface area contributed by atoms with E-state index in [4.69, 9.17) is 20.3 Å². The Kier molecular flexibility index (Phi) is 8.64. The number of hydrogen-bond acceptors (Lipinski definition) is 9. The number of ether oxygens (including phenoxy) is 2. The third kappa shape index (κ3) is 5.14. The lowest BCUT2D eigenvalue weighted by Crippen LogP contribution is -2.64. The van der Waals surface area contributed by atoms with Crippen molar-refractivity contribution in [2.75, 3.05) is 13.1 Å². The van der Waals surface area contributed by atoms with Crippen molar-refractivity contribution in [2.45, 2.75) is 109 Å². The number of carbonyl (C=O) groups excluding carboxylic acids is 3.